The van der Waals surface area contributed by atoms with Crippen molar-refractivity contribution in [2.45, 2.75) is 50.3 Å². The summed E-state index contributed by atoms with van der Waals surface area (Å²) < 4.78 is 0. The van der Waals surface area contributed by atoms with Crippen LogP contribution in [0.25, 0.3) is 0 Å². The van der Waals surface area contributed by atoms with Crippen molar-refractivity contribution in [3.63, 3.8) is 0 Å². The maximum absolute atomic E-state index is 11.6. The van der Waals surface area contributed by atoms with Gasteiger partial charge in [-0.3, -0.25) is 4.79 Å². The molecule has 0 spiro atoms. The maximum Gasteiger partial charge on any atom is 0.326 e. The van der Waals surface area contributed by atoms with Crippen LogP contribution in [0.1, 0.15) is 32.1 Å². The van der Waals surface area contributed by atoms with E-state index >= 15 is 0 Å². The molecule has 3 atom stereocenters. The third-order valence-electron chi connectivity index (χ3n) is 3.03. The van der Waals surface area contributed by atoms with Crippen molar-refractivity contribution >= 4 is 18.0 Å². The second-order valence-electron chi connectivity index (χ2n) is 4.56. The van der Waals surface area contributed by atoms with Crippen molar-refractivity contribution in [1.82, 2.24) is 10.6 Å². The molecule has 8 heteroatoms. The van der Waals surface area contributed by atoms with Crippen LogP contribution in [0.4, 0.5) is 4.79 Å². The normalized spacial score (nSPS) is 24.3. The average molecular weight is 274 g/mol. The first-order chi connectivity index (χ1) is 8.90. The van der Waals surface area contributed by atoms with Gasteiger partial charge in [-0.15, -0.1) is 0 Å². The zero-order chi connectivity index (χ0) is 14.4. The SMILES string of the molecule is O=C(O)C[C@H](NC(=O)NC1CCCCC1O)C(=O)O. The van der Waals surface area contributed by atoms with E-state index in [9.17, 15) is 19.5 Å². The first kappa shape index (κ1) is 15.2. The van der Waals surface area contributed by atoms with Crippen molar-refractivity contribution in [2.24, 2.45) is 0 Å². The Labute approximate surface area is 109 Å². The van der Waals surface area contributed by atoms with Gasteiger partial charge in [0.2, 0.25) is 0 Å². The van der Waals surface area contributed by atoms with E-state index in [1.54, 1.807) is 0 Å². The fourth-order valence-corrected chi connectivity index (χ4v) is 2.02. The molecule has 5 N–H and O–H groups in total. The van der Waals surface area contributed by atoms with Crippen molar-refractivity contribution in [3.8, 4) is 0 Å². The van der Waals surface area contributed by atoms with Crippen molar-refractivity contribution < 1.29 is 29.7 Å². The molecule has 8 nitrogen and oxygen atoms in total. The largest absolute Gasteiger partial charge is 0.481 e. The molecule has 0 aromatic carbocycles. The Morgan fingerprint density at radius 2 is 1.79 bits per heavy atom. The molecule has 19 heavy (non-hydrogen) atoms. The molecule has 0 aliphatic heterocycles. The van der Waals surface area contributed by atoms with Gasteiger partial charge >= 0.3 is 18.0 Å². The Bertz CT molecular complexity index is 359. The number of aliphatic hydroxyl groups excluding tert-OH is 1. The zero-order valence-electron chi connectivity index (χ0n) is 10.3. The van der Waals surface area contributed by atoms with Gasteiger partial charge in [0.05, 0.1) is 18.6 Å². The summed E-state index contributed by atoms with van der Waals surface area (Å²) in [5, 5.41) is 31.5. The minimum absolute atomic E-state index is 0.423. The molecule has 0 radical (unpaired) electrons. The van der Waals surface area contributed by atoms with E-state index in [0.29, 0.717) is 12.8 Å². The number of carboxylic acids is 2. The molecule has 0 bridgehead atoms. The van der Waals surface area contributed by atoms with E-state index < -0.39 is 42.6 Å². The molecule has 2 amide bonds. The fraction of sp³-hybridized carbons (Fsp3) is 0.727. The summed E-state index contributed by atoms with van der Waals surface area (Å²) in [5.41, 5.74) is 0. The quantitative estimate of drug-likeness (QED) is 0.459. The number of aliphatic hydroxyl groups is 1. The standard InChI is InChI=1S/C11H18N2O6/c14-8-4-2-1-3-6(8)12-11(19)13-7(10(17)18)5-9(15)16/h6-8,14H,1-5H2,(H,15,16)(H,17,18)(H2,12,13,19)/t6?,7-,8?/m0/s1. The van der Waals surface area contributed by atoms with Crippen LogP contribution >= 0.6 is 0 Å². The molecule has 108 valence electrons. The van der Waals surface area contributed by atoms with Crippen LogP contribution in [0.3, 0.4) is 0 Å². The van der Waals surface area contributed by atoms with E-state index in [1.807, 2.05) is 0 Å². The van der Waals surface area contributed by atoms with Gasteiger partial charge in [-0.1, -0.05) is 12.8 Å². The molecule has 2 unspecified atom stereocenters. The summed E-state index contributed by atoms with van der Waals surface area (Å²) in [5.74, 6) is -2.73. The highest BCUT2D eigenvalue weighted by atomic mass is 16.4. The summed E-state index contributed by atoms with van der Waals surface area (Å²) in [6.45, 7) is 0. The lowest BCUT2D eigenvalue weighted by Crippen LogP contribution is -2.53. The lowest BCUT2D eigenvalue weighted by molar-refractivity contribution is -0.145. The Balaban J connectivity index is 2.47. The maximum atomic E-state index is 11.6. The van der Waals surface area contributed by atoms with E-state index in [0.717, 1.165) is 12.8 Å². The van der Waals surface area contributed by atoms with Crippen molar-refractivity contribution in [3.05, 3.63) is 0 Å². The number of rotatable bonds is 5. The minimum Gasteiger partial charge on any atom is -0.481 e. The van der Waals surface area contributed by atoms with Gasteiger partial charge < -0.3 is 26.0 Å². The van der Waals surface area contributed by atoms with Gasteiger partial charge in [-0.25, -0.2) is 9.59 Å². The molecule has 0 heterocycles. The molecular weight excluding hydrogens is 256 g/mol. The molecule has 0 aromatic rings. The summed E-state index contributed by atoms with van der Waals surface area (Å²) >= 11 is 0. The molecule has 1 aliphatic carbocycles. The highest BCUT2D eigenvalue weighted by Crippen LogP contribution is 2.18. The first-order valence-corrected chi connectivity index (χ1v) is 6.10. The number of carbonyl (C=O) groups excluding carboxylic acids is 1. The molecule has 0 saturated heterocycles. The Kier molecular flexibility index (Phi) is 5.56. The summed E-state index contributed by atoms with van der Waals surface area (Å²) in [4.78, 5) is 32.8. The van der Waals surface area contributed by atoms with Crippen LogP contribution in [0, 0.1) is 0 Å². The number of nitrogens with one attached hydrogen (secondary N) is 2. The Morgan fingerprint density at radius 3 is 2.32 bits per heavy atom. The van der Waals surface area contributed by atoms with Gasteiger partial charge in [-0.2, -0.15) is 0 Å². The topological polar surface area (TPSA) is 136 Å². The van der Waals surface area contributed by atoms with E-state index in [2.05, 4.69) is 10.6 Å². The monoisotopic (exact) mass is 274 g/mol. The van der Waals surface area contributed by atoms with Gasteiger partial charge in [0, 0.05) is 0 Å². The van der Waals surface area contributed by atoms with Crippen LogP contribution in [0.5, 0.6) is 0 Å². The molecule has 1 rings (SSSR count). The van der Waals surface area contributed by atoms with E-state index in [-0.39, 0.29) is 0 Å². The van der Waals surface area contributed by atoms with Gasteiger partial charge in [0.1, 0.15) is 6.04 Å². The lowest BCUT2D eigenvalue weighted by Gasteiger charge is -2.28. The number of amides is 2. The van der Waals surface area contributed by atoms with Gasteiger partial charge in [-0.05, 0) is 12.8 Å². The Hall–Kier alpha value is -1.83. The summed E-state index contributed by atoms with van der Waals surface area (Å²) in [6, 6.07) is -2.69. The van der Waals surface area contributed by atoms with Crippen LogP contribution in [-0.4, -0.2) is 51.5 Å². The fourth-order valence-electron chi connectivity index (χ4n) is 2.02. The zero-order valence-corrected chi connectivity index (χ0v) is 10.3. The minimum atomic E-state index is -1.49. The predicted molar refractivity (Wildman–Crippen MR) is 63.6 cm³/mol. The second kappa shape index (κ2) is 6.93. The number of carbonyl (C=O) groups is 3. The number of hydrogen-bond donors (Lipinski definition) is 5. The third kappa shape index (κ3) is 5.12. The highest BCUT2D eigenvalue weighted by Gasteiger charge is 2.27. The number of hydrogen-bond acceptors (Lipinski definition) is 4. The first-order valence-electron chi connectivity index (χ1n) is 6.10. The van der Waals surface area contributed by atoms with E-state index in [1.165, 1.54) is 0 Å². The second-order valence-corrected chi connectivity index (χ2v) is 4.56. The van der Waals surface area contributed by atoms with Crippen molar-refractivity contribution in [2.75, 3.05) is 0 Å². The molecule has 1 aliphatic rings. The van der Waals surface area contributed by atoms with Gasteiger partial charge in [0.15, 0.2) is 0 Å². The van der Waals surface area contributed by atoms with E-state index in [4.69, 9.17) is 10.2 Å². The number of carboxylic acid groups (broad SMARTS) is 2. The van der Waals surface area contributed by atoms with Crippen LogP contribution < -0.4 is 10.6 Å². The predicted octanol–water partition coefficient (Wildman–Crippen LogP) is -0.483. The highest BCUT2D eigenvalue weighted by molar-refractivity contribution is 5.86. The van der Waals surface area contributed by atoms with Crippen molar-refractivity contribution in [1.29, 1.82) is 0 Å². The lowest BCUT2D eigenvalue weighted by atomic mass is 9.93. The van der Waals surface area contributed by atoms with Crippen LogP contribution in [-0.2, 0) is 9.59 Å². The molecule has 1 fully saturated rings. The van der Waals surface area contributed by atoms with Gasteiger partial charge in [0.25, 0.3) is 0 Å². The summed E-state index contributed by atoms with van der Waals surface area (Å²) in [7, 11) is 0. The third-order valence-corrected chi connectivity index (χ3v) is 3.03. The summed E-state index contributed by atoms with van der Waals surface area (Å²) in [6.07, 6.45) is 1.61. The number of urea groups is 1. The molecule has 1 saturated carbocycles. The van der Waals surface area contributed by atoms with Crippen LogP contribution in [0.15, 0.2) is 0 Å². The molecule has 0 aromatic heterocycles. The smallest absolute Gasteiger partial charge is 0.326 e. The number of aliphatic carboxylic acids is 2. The molecular formula is C11H18N2O6. The average Bonchev–Trinajstić information content (AvgIpc) is 2.30. The van der Waals surface area contributed by atoms with Crippen LogP contribution in [0.2, 0.25) is 0 Å². The Morgan fingerprint density at radius 1 is 1.16 bits per heavy atom.